The maximum atomic E-state index is 9.03. The Morgan fingerprint density at radius 2 is 1.21 bits per heavy atom. The minimum Gasteiger partial charge on any atom is -0.458 e. The van der Waals surface area contributed by atoms with E-state index in [1.165, 1.54) is 0 Å². The zero-order valence-corrected chi connectivity index (χ0v) is 34.6. The van der Waals surface area contributed by atoms with E-state index in [1.54, 1.807) is 27.3 Å². The largest absolute Gasteiger partial charge is 0.458 e. The van der Waals surface area contributed by atoms with Gasteiger partial charge < -0.3 is 4.74 Å². The highest BCUT2D eigenvalue weighted by atomic mass is 16.5. The third kappa shape index (κ3) is 6.94. The Balaban J connectivity index is 1.08. The van der Waals surface area contributed by atoms with Crippen molar-refractivity contribution < 1.29 is 23.0 Å². The summed E-state index contributed by atoms with van der Waals surface area (Å²) in [5, 5.41) is 2.10. The summed E-state index contributed by atoms with van der Waals surface area (Å²) in [7, 11) is 0. The molecule has 0 bridgehead atoms. The summed E-state index contributed by atoms with van der Waals surface area (Å²) in [6, 6.07) is 41.5. The highest BCUT2D eigenvalue weighted by Crippen LogP contribution is 2.39. The van der Waals surface area contributed by atoms with Gasteiger partial charge in [-0.1, -0.05) is 172 Å². The Hall–Kier alpha value is -8.02. The lowest BCUT2D eigenvalue weighted by Gasteiger charge is -2.20. The molecule has 63 heavy (non-hydrogen) atoms. The molecule has 0 saturated carbocycles. The summed E-state index contributed by atoms with van der Waals surface area (Å²) in [5.41, 5.74) is 7.19. The molecule has 0 spiro atoms. The Bertz CT molecular complexity index is 3920. The van der Waals surface area contributed by atoms with Crippen molar-refractivity contribution in [2.75, 3.05) is 0 Å². The van der Waals surface area contributed by atoms with E-state index >= 15 is 0 Å². The smallest absolute Gasteiger partial charge is 0.269 e. The SMILES string of the molecule is [2H]c1c([2H])c([2H])c(-c2cccc(-c3c([2H])c([2H])c([2H])c([2H])c3[2H])c2-[n+]2[c-]n(-c3cccc(Oc4ccc5c6ccc(-c7ccccc7)cc6n(-c6cc(C(C)(C)C)ccn6)c5c4)c3)c3ccccc32)c([2H])c1[2H]. The number of pyridine rings is 1. The van der Waals surface area contributed by atoms with Crippen LogP contribution < -0.4 is 9.30 Å². The highest BCUT2D eigenvalue weighted by molar-refractivity contribution is 6.10. The molecular formula is C58H44N4O. The minimum absolute atomic E-state index is 0.118. The number of para-hydroxylation sites is 3. The van der Waals surface area contributed by atoms with Gasteiger partial charge in [0, 0.05) is 23.0 Å². The first kappa shape index (κ1) is 28.5. The first-order valence-electron chi connectivity index (χ1n) is 25.6. The Morgan fingerprint density at radius 1 is 0.556 bits per heavy atom. The average molecular weight is 823 g/mol. The van der Waals surface area contributed by atoms with Gasteiger partial charge in [-0.25, -0.2) is 4.98 Å². The average Bonchev–Trinajstić information content (AvgIpc) is 3.94. The van der Waals surface area contributed by atoms with E-state index in [1.807, 2.05) is 85.1 Å². The molecule has 0 unspecified atom stereocenters. The second-order valence-corrected chi connectivity index (χ2v) is 16.3. The molecule has 0 aliphatic rings. The van der Waals surface area contributed by atoms with E-state index in [-0.39, 0.29) is 33.4 Å². The molecular weight excluding hydrogens is 769 g/mol. The predicted octanol–water partition coefficient (Wildman–Crippen LogP) is 14.3. The molecule has 0 atom stereocenters. The van der Waals surface area contributed by atoms with E-state index in [0.717, 1.165) is 44.3 Å². The van der Waals surface area contributed by atoms with Crippen LogP contribution in [0, 0.1) is 6.33 Å². The third-order valence-corrected chi connectivity index (χ3v) is 11.4. The molecule has 5 nitrogen and oxygen atoms in total. The van der Waals surface area contributed by atoms with E-state index in [4.69, 9.17) is 23.4 Å². The van der Waals surface area contributed by atoms with Crippen molar-refractivity contribution in [2.45, 2.75) is 26.2 Å². The number of nitrogens with zero attached hydrogens (tertiary/aromatic N) is 4. The monoisotopic (exact) mass is 822 g/mol. The lowest BCUT2D eigenvalue weighted by molar-refractivity contribution is -0.571. The number of imidazole rings is 1. The van der Waals surface area contributed by atoms with Crippen LogP contribution in [0.1, 0.15) is 40.0 Å². The lowest BCUT2D eigenvalue weighted by Crippen LogP contribution is -2.31. The maximum absolute atomic E-state index is 9.03. The third-order valence-electron chi connectivity index (χ3n) is 11.4. The van der Waals surface area contributed by atoms with Crippen molar-refractivity contribution in [1.82, 2.24) is 14.1 Å². The van der Waals surface area contributed by atoms with Crippen LogP contribution in [0.4, 0.5) is 0 Å². The van der Waals surface area contributed by atoms with Gasteiger partial charge in [-0.2, -0.15) is 0 Å². The number of hydrogen-bond acceptors (Lipinski definition) is 2. The molecule has 302 valence electrons. The van der Waals surface area contributed by atoms with Crippen LogP contribution in [0.25, 0.3) is 83.4 Å². The van der Waals surface area contributed by atoms with Gasteiger partial charge in [0.1, 0.15) is 17.3 Å². The Kier molecular flexibility index (Phi) is 7.00. The molecule has 3 heterocycles. The Labute approximate surface area is 381 Å². The molecule has 0 aliphatic heterocycles. The van der Waals surface area contributed by atoms with Gasteiger partial charge in [-0.05, 0) is 92.9 Å². The van der Waals surface area contributed by atoms with Gasteiger partial charge in [0.2, 0.25) is 0 Å². The second kappa shape index (κ2) is 15.5. The van der Waals surface area contributed by atoms with Crippen molar-refractivity contribution in [1.29, 1.82) is 0 Å². The first-order chi connectivity index (χ1) is 35.0. The van der Waals surface area contributed by atoms with Crippen LogP contribution in [0.2, 0.25) is 0 Å². The molecule has 0 amide bonds. The first-order valence-corrected chi connectivity index (χ1v) is 20.6. The maximum Gasteiger partial charge on any atom is 0.269 e. The molecule has 0 saturated heterocycles. The van der Waals surface area contributed by atoms with Crippen LogP contribution in [0.5, 0.6) is 11.5 Å². The summed E-state index contributed by atoms with van der Waals surface area (Å²) in [5.74, 6) is 1.87. The molecule has 0 aliphatic carbocycles. The molecule has 0 fully saturated rings. The van der Waals surface area contributed by atoms with Crippen molar-refractivity contribution in [3.05, 3.63) is 224 Å². The van der Waals surface area contributed by atoms with Gasteiger partial charge in [0.25, 0.3) is 6.33 Å². The highest BCUT2D eigenvalue weighted by Gasteiger charge is 2.21. The Morgan fingerprint density at radius 3 is 1.94 bits per heavy atom. The number of hydrogen-bond donors (Lipinski definition) is 0. The van der Waals surface area contributed by atoms with Gasteiger partial charge >= 0.3 is 0 Å². The molecule has 5 heteroatoms. The fourth-order valence-corrected chi connectivity index (χ4v) is 8.32. The van der Waals surface area contributed by atoms with Crippen molar-refractivity contribution in [2.24, 2.45) is 0 Å². The van der Waals surface area contributed by atoms with Crippen LogP contribution >= 0.6 is 0 Å². The zero-order valence-electron chi connectivity index (χ0n) is 44.6. The summed E-state index contributed by atoms with van der Waals surface area (Å²) in [6.07, 6.45) is 5.31. The van der Waals surface area contributed by atoms with Crippen LogP contribution in [-0.2, 0) is 5.41 Å². The number of fused-ring (bicyclic) bond motifs is 4. The second-order valence-electron chi connectivity index (χ2n) is 16.3. The van der Waals surface area contributed by atoms with Crippen LogP contribution in [0.3, 0.4) is 0 Å². The topological polar surface area (TPSA) is 35.9 Å². The lowest BCUT2D eigenvalue weighted by atomic mass is 9.88. The molecule has 8 aromatic carbocycles. The van der Waals surface area contributed by atoms with Crippen molar-refractivity contribution in [3.8, 4) is 62.1 Å². The molecule has 0 radical (unpaired) electrons. The number of ether oxygens (including phenoxy) is 1. The summed E-state index contributed by atoms with van der Waals surface area (Å²) in [4.78, 5) is 4.92. The number of aromatic nitrogens is 4. The fraction of sp³-hybridized carbons (Fsp3) is 0.0690. The summed E-state index contributed by atoms with van der Waals surface area (Å²) < 4.78 is 99.5. The van der Waals surface area contributed by atoms with Gasteiger partial charge in [-0.15, -0.1) is 0 Å². The van der Waals surface area contributed by atoms with Crippen LogP contribution in [-0.4, -0.2) is 14.1 Å². The molecule has 11 aromatic rings. The van der Waals surface area contributed by atoms with Crippen LogP contribution in [0.15, 0.2) is 212 Å². The number of benzene rings is 8. The van der Waals surface area contributed by atoms with E-state index in [9.17, 15) is 0 Å². The zero-order chi connectivity index (χ0) is 51.2. The van der Waals surface area contributed by atoms with Gasteiger partial charge in [-0.3, -0.25) is 13.7 Å². The quantitative estimate of drug-likeness (QED) is 0.113. The van der Waals surface area contributed by atoms with Crippen molar-refractivity contribution >= 4 is 32.8 Å². The van der Waals surface area contributed by atoms with Gasteiger partial charge in [0.05, 0.1) is 47.1 Å². The number of rotatable bonds is 8. The summed E-state index contributed by atoms with van der Waals surface area (Å²) in [6.45, 7) is 6.56. The van der Waals surface area contributed by atoms with E-state index in [2.05, 4.69) is 80.2 Å². The summed E-state index contributed by atoms with van der Waals surface area (Å²) >= 11 is 0. The van der Waals surface area contributed by atoms with E-state index < -0.39 is 60.4 Å². The fourth-order valence-electron chi connectivity index (χ4n) is 8.32. The minimum atomic E-state index is -0.567. The molecule has 3 aromatic heterocycles. The molecule has 11 rings (SSSR count). The standard InChI is InChI=1S/C58H44N4O/c1-58(2,3)44-33-34-59-56(36-44)62-54-35-43(40-17-7-4-8-18-40)29-31-50(54)51-32-30-47(38-55(51)62)63-46-24-15-23-45(37-46)60-39-61(53-28-14-13-27-52(53)60)57-48(41-19-9-5-10-20-41)25-16-26-49(57)42-21-11-6-12-22-42/h4-38H,1-3H3/i5D,6D,9D,10D,11D,12D,19D,20D,21D,22D. The van der Waals surface area contributed by atoms with Gasteiger partial charge in [0.15, 0.2) is 0 Å². The molecule has 0 N–H and O–H groups in total. The predicted molar refractivity (Wildman–Crippen MR) is 257 cm³/mol. The van der Waals surface area contributed by atoms with Crippen molar-refractivity contribution in [3.63, 3.8) is 0 Å². The normalized spacial score (nSPS) is 14.0. The van der Waals surface area contributed by atoms with E-state index in [0.29, 0.717) is 28.2 Å².